The van der Waals surface area contributed by atoms with E-state index in [1.807, 2.05) is 0 Å². The SMILES string of the molecule is CN(C(=O)C(N)=O)c1cc[nH]c1. The molecule has 0 aliphatic heterocycles. The van der Waals surface area contributed by atoms with E-state index in [-0.39, 0.29) is 0 Å². The molecule has 1 aromatic rings. The molecule has 0 fully saturated rings. The molecule has 0 atom stereocenters. The van der Waals surface area contributed by atoms with E-state index in [9.17, 15) is 9.59 Å². The maximum atomic E-state index is 11.0. The Labute approximate surface area is 69.2 Å². The second-order valence-electron chi connectivity index (χ2n) is 2.30. The second kappa shape index (κ2) is 3.08. The molecule has 0 saturated carbocycles. The zero-order valence-corrected chi connectivity index (χ0v) is 6.57. The zero-order chi connectivity index (χ0) is 9.14. The maximum Gasteiger partial charge on any atom is 0.315 e. The summed E-state index contributed by atoms with van der Waals surface area (Å²) in [6.45, 7) is 0. The van der Waals surface area contributed by atoms with E-state index in [2.05, 4.69) is 4.98 Å². The van der Waals surface area contributed by atoms with Crippen LogP contribution < -0.4 is 10.6 Å². The highest BCUT2D eigenvalue weighted by Gasteiger charge is 2.16. The van der Waals surface area contributed by atoms with Crippen molar-refractivity contribution in [2.75, 3.05) is 11.9 Å². The van der Waals surface area contributed by atoms with Gasteiger partial charge in [0.25, 0.3) is 0 Å². The lowest BCUT2D eigenvalue weighted by atomic mass is 10.4. The van der Waals surface area contributed by atoms with Crippen LogP contribution in [0, 0.1) is 0 Å². The second-order valence-corrected chi connectivity index (χ2v) is 2.30. The van der Waals surface area contributed by atoms with Gasteiger partial charge < -0.3 is 15.6 Å². The third kappa shape index (κ3) is 1.45. The van der Waals surface area contributed by atoms with Gasteiger partial charge in [0.15, 0.2) is 0 Å². The van der Waals surface area contributed by atoms with Gasteiger partial charge in [-0.3, -0.25) is 9.59 Å². The summed E-state index contributed by atoms with van der Waals surface area (Å²) in [6, 6.07) is 1.67. The highest BCUT2D eigenvalue weighted by Crippen LogP contribution is 2.09. The Morgan fingerprint density at radius 3 is 2.67 bits per heavy atom. The van der Waals surface area contributed by atoms with Crippen LogP contribution >= 0.6 is 0 Å². The molecule has 1 rings (SSSR count). The summed E-state index contributed by atoms with van der Waals surface area (Å²) in [5, 5.41) is 0. The molecule has 0 unspecified atom stereocenters. The van der Waals surface area contributed by atoms with Crippen LogP contribution in [0.5, 0.6) is 0 Å². The molecule has 3 N–H and O–H groups in total. The summed E-state index contributed by atoms with van der Waals surface area (Å²) in [6.07, 6.45) is 3.25. The largest absolute Gasteiger partial charge is 0.366 e. The molecular weight excluding hydrogens is 158 g/mol. The topological polar surface area (TPSA) is 79.2 Å². The first-order valence-corrected chi connectivity index (χ1v) is 3.33. The number of rotatable bonds is 1. The number of amides is 2. The predicted molar refractivity (Wildman–Crippen MR) is 43.4 cm³/mol. The summed E-state index contributed by atoms with van der Waals surface area (Å²) in [5.74, 6) is -1.69. The van der Waals surface area contributed by atoms with Crippen LogP contribution in [0.3, 0.4) is 0 Å². The van der Waals surface area contributed by atoms with Crippen LogP contribution in [0.25, 0.3) is 0 Å². The molecule has 12 heavy (non-hydrogen) atoms. The fraction of sp³-hybridized carbons (Fsp3) is 0.143. The van der Waals surface area contributed by atoms with E-state index in [4.69, 9.17) is 5.73 Å². The highest BCUT2D eigenvalue weighted by molar-refractivity contribution is 6.39. The van der Waals surface area contributed by atoms with Crippen molar-refractivity contribution in [2.45, 2.75) is 0 Å². The van der Waals surface area contributed by atoms with Crippen LogP contribution in [-0.4, -0.2) is 23.8 Å². The summed E-state index contributed by atoms with van der Waals surface area (Å²) >= 11 is 0. The molecule has 0 aliphatic carbocycles. The third-order valence-corrected chi connectivity index (χ3v) is 1.48. The van der Waals surface area contributed by atoms with E-state index in [0.29, 0.717) is 5.69 Å². The lowest BCUT2D eigenvalue weighted by Crippen LogP contribution is -2.37. The Bertz CT molecular complexity index is 292. The van der Waals surface area contributed by atoms with E-state index in [0.717, 1.165) is 0 Å². The summed E-state index contributed by atoms with van der Waals surface area (Å²) < 4.78 is 0. The van der Waals surface area contributed by atoms with E-state index in [1.54, 1.807) is 18.5 Å². The van der Waals surface area contributed by atoms with Crippen molar-refractivity contribution in [2.24, 2.45) is 5.73 Å². The minimum atomic E-state index is -0.960. The molecule has 0 spiro atoms. The van der Waals surface area contributed by atoms with Crippen LogP contribution in [-0.2, 0) is 9.59 Å². The van der Waals surface area contributed by atoms with Crippen molar-refractivity contribution < 1.29 is 9.59 Å². The predicted octanol–water partition coefficient (Wildman–Crippen LogP) is -0.537. The van der Waals surface area contributed by atoms with Gasteiger partial charge in [0, 0.05) is 19.4 Å². The molecule has 1 aromatic heterocycles. The Morgan fingerprint density at radius 2 is 2.25 bits per heavy atom. The number of carbonyl (C=O) groups is 2. The quantitative estimate of drug-likeness (QED) is 0.551. The van der Waals surface area contributed by atoms with Crippen molar-refractivity contribution in [1.82, 2.24) is 4.98 Å². The van der Waals surface area contributed by atoms with Crippen LogP contribution in [0.2, 0.25) is 0 Å². The minimum Gasteiger partial charge on any atom is -0.366 e. The molecule has 0 radical (unpaired) electrons. The van der Waals surface area contributed by atoms with Crippen molar-refractivity contribution in [3.05, 3.63) is 18.5 Å². The number of aromatic nitrogens is 1. The number of H-pyrrole nitrogens is 1. The lowest BCUT2D eigenvalue weighted by Gasteiger charge is -2.11. The Morgan fingerprint density at radius 1 is 1.58 bits per heavy atom. The molecule has 1 heterocycles. The average Bonchev–Trinajstić information content (AvgIpc) is 2.53. The normalized spacial score (nSPS) is 9.42. The molecule has 0 aliphatic rings. The van der Waals surface area contributed by atoms with Gasteiger partial charge in [-0.1, -0.05) is 0 Å². The van der Waals surface area contributed by atoms with Gasteiger partial charge in [-0.2, -0.15) is 0 Å². The Hall–Kier alpha value is -1.78. The van der Waals surface area contributed by atoms with Gasteiger partial charge in [0.05, 0.1) is 5.69 Å². The number of primary amides is 1. The maximum absolute atomic E-state index is 11.0. The van der Waals surface area contributed by atoms with Gasteiger partial charge in [-0.15, -0.1) is 0 Å². The number of likely N-dealkylation sites (N-methyl/N-ethyl adjacent to an activating group) is 1. The third-order valence-electron chi connectivity index (χ3n) is 1.48. The lowest BCUT2D eigenvalue weighted by molar-refractivity contribution is -0.135. The first-order valence-electron chi connectivity index (χ1n) is 3.33. The smallest absolute Gasteiger partial charge is 0.315 e. The van der Waals surface area contributed by atoms with Crippen molar-refractivity contribution in [3.63, 3.8) is 0 Å². The van der Waals surface area contributed by atoms with Crippen molar-refractivity contribution in [1.29, 1.82) is 0 Å². The standard InChI is InChI=1S/C7H9N3O2/c1-10(7(12)6(8)11)5-2-3-9-4-5/h2-4,9H,1H3,(H2,8,11). The number of anilines is 1. The van der Waals surface area contributed by atoms with Gasteiger partial charge in [0.1, 0.15) is 0 Å². The number of hydrogen-bond acceptors (Lipinski definition) is 2. The van der Waals surface area contributed by atoms with Gasteiger partial charge >= 0.3 is 11.8 Å². The number of aromatic amines is 1. The van der Waals surface area contributed by atoms with E-state index >= 15 is 0 Å². The van der Waals surface area contributed by atoms with Gasteiger partial charge in [-0.25, -0.2) is 0 Å². The summed E-state index contributed by atoms with van der Waals surface area (Å²) in [7, 11) is 1.48. The molecule has 5 heteroatoms. The molecule has 5 nitrogen and oxygen atoms in total. The van der Waals surface area contributed by atoms with Crippen LogP contribution in [0.15, 0.2) is 18.5 Å². The fourth-order valence-electron chi connectivity index (χ4n) is 0.806. The van der Waals surface area contributed by atoms with Crippen LogP contribution in [0.4, 0.5) is 5.69 Å². The van der Waals surface area contributed by atoms with Crippen LogP contribution in [0.1, 0.15) is 0 Å². The number of nitrogens with zero attached hydrogens (tertiary/aromatic N) is 1. The van der Waals surface area contributed by atoms with E-state index in [1.165, 1.54) is 11.9 Å². The number of nitrogens with one attached hydrogen (secondary N) is 1. The Kier molecular flexibility index (Phi) is 2.14. The highest BCUT2D eigenvalue weighted by atomic mass is 16.2. The number of nitrogens with two attached hydrogens (primary N) is 1. The van der Waals surface area contributed by atoms with Gasteiger partial charge in [0.2, 0.25) is 0 Å². The van der Waals surface area contributed by atoms with Crippen molar-refractivity contribution >= 4 is 17.5 Å². The molecule has 64 valence electrons. The molecule has 0 aromatic carbocycles. The van der Waals surface area contributed by atoms with E-state index < -0.39 is 11.8 Å². The first-order chi connectivity index (χ1) is 5.63. The van der Waals surface area contributed by atoms with Gasteiger partial charge in [-0.05, 0) is 6.07 Å². The first kappa shape index (κ1) is 8.32. The summed E-state index contributed by atoms with van der Waals surface area (Å²) in [5.41, 5.74) is 5.41. The fourth-order valence-corrected chi connectivity index (χ4v) is 0.806. The molecule has 0 saturated heterocycles. The molecule has 0 bridgehead atoms. The molecular formula is C7H9N3O2. The number of hydrogen-bond donors (Lipinski definition) is 2. The minimum absolute atomic E-state index is 0.610. The van der Waals surface area contributed by atoms with Crippen molar-refractivity contribution in [3.8, 4) is 0 Å². The zero-order valence-electron chi connectivity index (χ0n) is 6.57. The number of carbonyl (C=O) groups excluding carboxylic acids is 2. The average molecular weight is 167 g/mol. The molecule has 2 amide bonds. The summed E-state index contributed by atoms with van der Waals surface area (Å²) in [4.78, 5) is 25.4. The Balaban J connectivity index is 2.79. The monoisotopic (exact) mass is 167 g/mol.